The number of ether oxygens (including phenoxy) is 4. The SMILES string of the molecule is C[C@]12CC[C@H]3[C@@H](CCC4=CC(=O)CC[C@@]43C)[C@@H]1CC[C@@H]2OC1O[C@H](C(=O)O)[C@@H](O)[C@H](O)[C@H]1OC1O[C@H](C(=O)O)[C@@H](O)[C@H](O)[C@H]1O. The molecule has 0 aromatic carbocycles. The molecule has 45 heavy (non-hydrogen) atoms. The number of carbonyl (C=O) groups is 3. The quantitative estimate of drug-likeness (QED) is 0.198. The molecule has 14 nitrogen and oxygen atoms in total. The van der Waals surface area contributed by atoms with Gasteiger partial charge in [0.15, 0.2) is 30.6 Å². The zero-order chi connectivity index (χ0) is 32.6. The molecule has 2 aliphatic heterocycles. The van der Waals surface area contributed by atoms with Gasteiger partial charge in [-0.15, -0.1) is 0 Å². The average Bonchev–Trinajstić information content (AvgIpc) is 3.32. The Morgan fingerprint density at radius 3 is 2.07 bits per heavy atom. The van der Waals surface area contributed by atoms with E-state index in [2.05, 4.69) is 13.8 Å². The molecule has 252 valence electrons. The van der Waals surface area contributed by atoms with Crippen molar-refractivity contribution in [2.45, 2.75) is 133 Å². The van der Waals surface area contributed by atoms with Gasteiger partial charge in [-0.1, -0.05) is 19.4 Å². The van der Waals surface area contributed by atoms with Crippen LogP contribution in [0.4, 0.5) is 0 Å². The van der Waals surface area contributed by atoms with Gasteiger partial charge in [0, 0.05) is 6.42 Å². The Bertz CT molecular complexity index is 1220. The number of carboxylic acid groups (broad SMARTS) is 2. The molecule has 2 unspecified atom stereocenters. The fourth-order valence-corrected chi connectivity index (χ4v) is 9.51. The maximum absolute atomic E-state index is 12.2. The molecule has 0 aromatic rings. The number of aliphatic hydroxyl groups excluding tert-OH is 5. The first kappa shape index (κ1) is 32.9. The smallest absolute Gasteiger partial charge is 0.335 e. The van der Waals surface area contributed by atoms with Crippen LogP contribution < -0.4 is 0 Å². The lowest BCUT2D eigenvalue weighted by Crippen LogP contribution is -2.66. The highest BCUT2D eigenvalue weighted by Crippen LogP contribution is 2.65. The van der Waals surface area contributed by atoms with E-state index < -0.39 is 79.5 Å². The number of hydrogen-bond acceptors (Lipinski definition) is 12. The molecule has 2 saturated heterocycles. The summed E-state index contributed by atoms with van der Waals surface area (Å²) < 4.78 is 23.1. The van der Waals surface area contributed by atoms with Crippen molar-refractivity contribution in [3.8, 4) is 0 Å². The molecular weight excluding hydrogens is 596 g/mol. The number of rotatable bonds is 6. The maximum atomic E-state index is 12.2. The van der Waals surface area contributed by atoms with Gasteiger partial charge >= 0.3 is 11.9 Å². The van der Waals surface area contributed by atoms with Crippen LogP contribution in [0.3, 0.4) is 0 Å². The molecular formula is C31H44O14. The third-order valence-corrected chi connectivity index (χ3v) is 12.1. The van der Waals surface area contributed by atoms with Crippen molar-refractivity contribution in [3.63, 3.8) is 0 Å². The van der Waals surface area contributed by atoms with Gasteiger partial charge in [0.05, 0.1) is 6.10 Å². The summed E-state index contributed by atoms with van der Waals surface area (Å²) in [6, 6.07) is 0. The first-order valence-corrected chi connectivity index (χ1v) is 15.9. The number of ketones is 1. The molecule has 5 fully saturated rings. The van der Waals surface area contributed by atoms with Gasteiger partial charge in [-0.2, -0.15) is 0 Å². The number of carboxylic acids is 2. The molecule has 0 radical (unpaired) electrons. The zero-order valence-corrected chi connectivity index (χ0v) is 25.3. The van der Waals surface area contributed by atoms with Gasteiger partial charge in [0.1, 0.15) is 36.6 Å². The number of aliphatic hydroxyl groups is 5. The molecule has 0 amide bonds. The molecule has 14 heteroatoms. The second-order valence-corrected chi connectivity index (χ2v) is 14.3. The number of carbonyl (C=O) groups excluding carboxylic acids is 1. The van der Waals surface area contributed by atoms with Crippen LogP contribution in [0, 0.1) is 28.6 Å². The van der Waals surface area contributed by atoms with Crippen LogP contribution in [0.25, 0.3) is 0 Å². The fraction of sp³-hybridized carbons (Fsp3) is 0.839. The molecule has 7 N–H and O–H groups in total. The van der Waals surface area contributed by atoms with E-state index in [1.54, 1.807) is 0 Å². The van der Waals surface area contributed by atoms with Gasteiger partial charge < -0.3 is 54.7 Å². The van der Waals surface area contributed by atoms with E-state index in [0.717, 1.165) is 38.5 Å². The van der Waals surface area contributed by atoms with E-state index in [0.29, 0.717) is 24.7 Å². The third kappa shape index (κ3) is 5.35. The van der Waals surface area contributed by atoms with Gasteiger partial charge in [-0.3, -0.25) is 4.79 Å². The molecule has 0 bridgehead atoms. The molecule has 0 spiro atoms. The van der Waals surface area contributed by atoms with E-state index in [1.165, 1.54) is 5.57 Å². The van der Waals surface area contributed by atoms with E-state index in [1.807, 2.05) is 6.08 Å². The summed E-state index contributed by atoms with van der Waals surface area (Å²) in [6.07, 6.45) is -11.0. The lowest BCUT2D eigenvalue weighted by Gasteiger charge is -2.58. The molecule has 4 aliphatic carbocycles. The molecule has 3 saturated carbocycles. The van der Waals surface area contributed by atoms with E-state index in [-0.39, 0.29) is 22.5 Å². The summed E-state index contributed by atoms with van der Waals surface area (Å²) in [5.74, 6) is -1.89. The standard InChI is InChI=1S/C31H44O14/c1-30-9-7-13(32)11-12(30)3-4-14-15-5-6-17(31(15,2)10-8-16(14)30)42-29-25(21(36)20(35)24(44-29)27(40)41)45-28-22(37)18(33)19(34)23(43-28)26(38)39/h11,14-25,28-29,33-37H,3-10H2,1-2H3,(H,38,39)(H,40,41)/t14-,15-,16-,17-,18-,19-,20-,21-,22+,23-,24-,25+,28?,29?,30-,31-/m0/s1. The van der Waals surface area contributed by atoms with Crippen LogP contribution in [-0.2, 0) is 33.3 Å². The first-order chi connectivity index (χ1) is 21.2. The predicted octanol–water partition coefficient (Wildman–Crippen LogP) is -0.288. The maximum Gasteiger partial charge on any atom is 0.335 e. The van der Waals surface area contributed by atoms with Gasteiger partial charge in [-0.25, -0.2) is 9.59 Å². The molecule has 16 atom stereocenters. The van der Waals surface area contributed by atoms with Crippen LogP contribution >= 0.6 is 0 Å². The van der Waals surface area contributed by atoms with Crippen LogP contribution in [0.1, 0.15) is 65.2 Å². The van der Waals surface area contributed by atoms with E-state index in [9.17, 15) is 50.1 Å². The summed E-state index contributed by atoms with van der Waals surface area (Å²) in [7, 11) is 0. The lowest BCUT2D eigenvalue weighted by atomic mass is 9.47. The van der Waals surface area contributed by atoms with Gasteiger partial charge in [0.2, 0.25) is 0 Å². The fourth-order valence-electron chi connectivity index (χ4n) is 9.51. The predicted molar refractivity (Wildman–Crippen MR) is 149 cm³/mol. The average molecular weight is 641 g/mol. The minimum atomic E-state index is -1.98. The second kappa shape index (κ2) is 11.9. The van der Waals surface area contributed by atoms with Crippen molar-refractivity contribution in [2.24, 2.45) is 28.6 Å². The van der Waals surface area contributed by atoms with Crippen LogP contribution in [0.5, 0.6) is 0 Å². The molecule has 2 heterocycles. The topological polar surface area (TPSA) is 230 Å². The summed E-state index contributed by atoms with van der Waals surface area (Å²) in [6.45, 7) is 4.43. The van der Waals surface area contributed by atoms with Crippen molar-refractivity contribution < 1.29 is 69.1 Å². The summed E-state index contributed by atoms with van der Waals surface area (Å²) in [5, 5.41) is 71.6. The van der Waals surface area contributed by atoms with Crippen molar-refractivity contribution in [2.75, 3.05) is 0 Å². The largest absolute Gasteiger partial charge is 0.479 e. The zero-order valence-electron chi connectivity index (χ0n) is 25.3. The van der Waals surface area contributed by atoms with Crippen molar-refractivity contribution >= 4 is 17.7 Å². The van der Waals surface area contributed by atoms with E-state index >= 15 is 0 Å². The number of allylic oxidation sites excluding steroid dienone is 1. The molecule has 6 aliphatic rings. The highest BCUT2D eigenvalue weighted by Gasteiger charge is 2.61. The molecule has 0 aromatic heterocycles. The summed E-state index contributed by atoms with van der Waals surface area (Å²) in [5.41, 5.74) is 0.892. The second-order valence-electron chi connectivity index (χ2n) is 14.3. The highest BCUT2D eigenvalue weighted by atomic mass is 16.8. The Balaban J connectivity index is 1.23. The highest BCUT2D eigenvalue weighted by molar-refractivity contribution is 5.91. The van der Waals surface area contributed by atoms with Crippen molar-refractivity contribution in [1.29, 1.82) is 0 Å². The molecule has 6 rings (SSSR count). The lowest BCUT2D eigenvalue weighted by molar-refractivity contribution is -0.367. The van der Waals surface area contributed by atoms with Crippen molar-refractivity contribution in [3.05, 3.63) is 11.6 Å². The monoisotopic (exact) mass is 640 g/mol. The summed E-state index contributed by atoms with van der Waals surface area (Å²) >= 11 is 0. The van der Waals surface area contributed by atoms with Crippen molar-refractivity contribution in [1.82, 2.24) is 0 Å². The minimum absolute atomic E-state index is 0.0236. The Kier molecular flexibility index (Phi) is 8.71. The van der Waals surface area contributed by atoms with Gasteiger partial charge in [0.25, 0.3) is 0 Å². The van der Waals surface area contributed by atoms with Crippen LogP contribution in [-0.4, -0.2) is 121 Å². The Morgan fingerprint density at radius 1 is 0.756 bits per heavy atom. The Morgan fingerprint density at radius 2 is 1.40 bits per heavy atom. The Labute approximate surface area is 259 Å². The van der Waals surface area contributed by atoms with Crippen LogP contribution in [0.15, 0.2) is 11.6 Å². The van der Waals surface area contributed by atoms with Crippen LogP contribution in [0.2, 0.25) is 0 Å². The first-order valence-electron chi connectivity index (χ1n) is 15.9. The normalized spacial score (nSPS) is 51.4. The number of hydrogen-bond donors (Lipinski definition) is 7. The summed E-state index contributed by atoms with van der Waals surface area (Å²) in [4.78, 5) is 35.7. The number of aliphatic carboxylic acids is 2. The van der Waals surface area contributed by atoms with Gasteiger partial charge in [-0.05, 0) is 79.6 Å². The Hall–Kier alpha value is -2.01. The van der Waals surface area contributed by atoms with E-state index in [4.69, 9.17) is 18.9 Å². The minimum Gasteiger partial charge on any atom is -0.479 e. The third-order valence-electron chi connectivity index (χ3n) is 12.1. The number of fused-ring (bicyclic) bond motifs is 5.